The first-order valence-electron chi connectivity index (χ1n) is 8.84. The Hall–Kier alpha value is -3.19. The van der Waals surface area contributed by atoms with Crippen LogP contribution in [0.3, 0.4) is 0 Å². The van der Waals surface area contributed by atoms with E-state index in [1.807, 2.05) is 12.1 Å². The van der Waals surface area contributed by atoms with E-state index in [0.29, 0.717) is 46.0 Å². The minimum absolute atomic E-state index is 0.189. The van der Waals surface area contributed by atoms with Gasteiger partial charge in [0, 0.05) is 41.2 Å². The van der Waals surface area contributed by atoms with Crippen LogP contribution in [0.1, 0.15) is 12.3 Å². The molecule has 0 bridgehead atoms. The molecule has 0 fully saturated rings. The fourth-order valence-electron chi connectivity index (χ4n) is 2.77. The van der Waals surface area contributed by atoms with Gasteiger partial charge in [-0.05, 0) is 24.3 Å². The number of aromatic nitrogens is 1. The van der Waals surface area contributed by atoms with Gasteiger partial charge in [0.05, 0.1) is 27.5 Å². The maximum absolute atomic E-state index is 12.3. The standard InChI is InChI=1S/C21H21ClN2O5/c1-26-16-10-15(11-17(27-2)21(16)28-3)24-19(25)8-9-20-23-12-18(29-20)13-4-6-14(22)7-5-13/h4-7,10-12H,8-9H2,1-3H3,(H,24,25). The number of hydrogen-bond acceptors (Lipinski definition) is 6. The Morgan fingerprint density at radius 3 is 2.31 bits per heavy atom. The van der Waals surface area contributed by atoms with Gasteiger partial charge >= 0.3 is 0 Å². The number of anilines is 1. The van der Waals surface area contributed by atoms with Crippen molar-refractivity contribution in [2.24, 2.45) is 0 Å². The van der Waals surface area contributed by atoms with Crippen molar-refractivity contribution < 1.29 is 23.4 Å². The van der Waals surface area contributed by atoms with Gasteiger partial charge in [-0.2, -0.15) is 0 Å². The predicted molar refractivity (Wildman–Crippen MR) is 110 cm³/mol. The lowest BCUT2D eigenvalue weighted by molar-refractivity contribution is -0.116. The van der Waals surface area contributed by atoms with Crippen molar-refractivity contribution in [2.45, 2.75) is 12.8 Å². The van der Waals surface area contributed by atoms with Gasteiger partial charge in [0.2, 0.25) is 11.7 Å². The second-order valence-electron chi connectivity index (χ2n) is 6.09. The summed E-state index contributed by atoms with van der Waals surface area (Å²) in [5.74, 6) is 2.30. The molecule has 8 heteroatoms. The number of hydrogen-bond donors (Lipinski definition) is 1. The largest absolute Gasteiger partial charge is 0.493 e. The number of nitrogens with zero attached hydrogens (tertiary/aromatic N) is 1. The molecule has 0 aliphatic rings. The van der Waals surface area contributed by atoms with Crippen LogP contribution in [0.5, 0.6) is 17.2 Å². The van der Waals surface area contributed by atoms with Crippen molar-refractivity contribution in [3.8, 4) is 28.6 Å². The van der Waals surface area contributed by atoms with Crippen molar-refractivity contribution >= 4 is 23.2 Å². The second kappa shape index (κ2) is 9.34. The fraction of sp³-hybridized carbons (Fsp3) is 0.238. The summed E-state index contributed by atoms with van der Waals surface area (Å²) in [6, 6.07) is 10.6. The van der Waals surface area contributed by atoms with Crippen molar-refractivity contribution in [1.29, 1.82) is 0 Å². The summed E-state index contributed by atoms with van der Waals surface area (Å²) in [7, 11) is 4.56. The molecule has 0 saturated heterocycles. The molecule has 0 saturated carbocycles. The summed E-state index contributed by atoms with van der Waals surface area (Å²) < 4.78 is 21.6. The summed E-state index contributed by atoms with van der Waals surface area (Å²) in [6.07, 6.45) is 2.21. The van der Waals surface area contributed by atoms with E-state index >= 15 is 0 Å². The molecule has 3 aromatic rings. The van der Waals surface area contributed by atoms with Crippen molar-refractivity contribution in [3.63, 3.8) is 0 Å². The Morgan fingerprint density at radius 2 is 1.72 bits per heavy atom. The molecule has 1 heterocycles. The zero-order valence-electron chi connectivity index (χ0n) is 16.3. The highest BCUT2D eigenvalue weighted by Crippen LogP contribution is 2.39. The lowest BCUT2D eigenvalue weighted by Crippen LogP contribution is -2.12. The molecule has 0 aliphatic heterocycles. The summed E-state index contributed by atoms with van der Waals surface area (Å²) >= 11 is 5.90. The average Bonchev–Trinajstić information content (AvgIpc) is 3.21. The molecule has 3 rings (SSSR count). The van der Waals surface area contributed by atoms with Gasteiger partial charge < -0.3 is 23.9 Å². The van der Waals surface area contributed by atoms with E-state index in [-0.39, 0.29) is 12.3 Å². The third-order valence-corrected chi connectivity index (χ3v) is 4.45. The van der Waals surface area contributed by atoms with Crippen LogP contribution in [0, 0.1) is 0 Å². The van der Waals surface area contributed by atoms with Crippen molar-refractivity contribution in [1.82, 2.24) is 4.98 Å². The lowest BCUT2D eigenvalue weighted by Gasteiger charge is -2.14. The third-order valence-electron chi connectivity index (χ3n) is 4.20. The molecule has 0 aliphatic carbocycles. The zero-order chi connectivity index (χ0) is 20.8. The minimum atomic E-state index is -0.189. The number of aryl methyl sites for hydroxylation is 1. The van der Waals surface area contributed by atoms with Crippen LogP contribution >= 0.6 is 11.6 Å². The molecule has 29 heavy (non-hydrogen) atoms. The highest BCUT2D eigenvalue weighted by atomic mass is 35.5. The molecular weight excluding hydrogens is 396 g/mol. The quantitative estimate of drug-likeness (QED) is 0.578. The van der Waals surface area contributed by atoms with E-state index in [2.05, 4.69) is 10.3 Å². The molecule has 0 spiro atoms. The van der Waals surface area contributed by atoms with Crippen LogP contribution < -0.4 is 19.5 Å². The SMILES string of the molecule is COc1cc(NC(=O)CCc2ncc(-c3ccc(Cl)cc3)o2)cc(OC)c1OC. The first kappa shape index (κ1) is 20.5. The van der Waals surface area contributed by atoms with Crippen LogP contribution in [-0.4, -0.2) is 32.2 Å². The minimum Gasteiger partial charge on any atom is -0.493 e. The van der Waals surface area contributed by atoms with E-state index in [0.717, 1.165) is 5.56 Å². The summed E-state index contributed by atoms with van der Waals surface area (Å²) in [5, 5.41) is 3.47. The van der Waals surface area contributed by atoms with Gasteiger partial charge in [0.1, 0.15) is 0 Å². The van der Waals surface area contributed by atoms with Crippen LogP contribution in [0.2, 0.25) is 5.02 Å². The molecule has 0 atom stereocenters. The molecule has 1 aromatic heterocycles. The number of oxazole rings is 1. The van der Waals surface area contributed by atoms with Crippen LogP contribution in [0.4, 0.5) is 5.69 Å². The van der Waals surface area contributed by atoms with Gasteiger partial charge in [0.25, 0.3) is 0 Å². The van der Waals surface area contributed by atoms with Crippen LogP contribution in [-0.2, 0) is 11.2 Å². The van der Waals surface area contributed by atoms with Crippen LogP contribution in [0.25, 0.3) is 11.3 Å². The van der Waals surface area contributed by atoms with E-state index in [4.69, 9.17) is 30.2 Å². The summed E-state index contributed by atoms with van der Waals surface area (Å²) in [4.78, 5) is 16.6. The number of rotatable bonds is 8. The number of carbonyl (C=O) groups excluding carboxylic acids is 1. The maximum atomic E-state index is 12.3. The maximum Gasteiger partial charge on any atom is 0.224 e. The number of carbonyl (C=O) groups is 1. The first-order chi connectivity index (χ1) is 14.0. The molecule has 1 N–H and O–H groups in total. The van der Waals surface area contributed by atoms with E-state index in [9.17, 15) is 4.79 Å². The second-order valence-corrected chi connectivity index (χ2v) is 6.52. The van der Waals surface area contributed by atoms with E-state index in [1.54, 1.807) is 30.5 Å². The Kier molecular flexibility index (Phi) is 6.61. The number of amides is 1. The van der Waals surface area contributed by atoms with Gasteiger partial charge in [-0.1, -0.05) is 11.6 Å². The fourth-order valence-corrected chi connectivity index (χ4v) is 2.90. The van der Waals surface area contributed by atoms with E-state index in [1.165, 1.54) is 21.3 Å². The lowest BCUT2D eigenvalue weighted by atomic mass is 10.2. The number of methoxy groups -OCH3 is 3. The number of halogens is 1. The number of nitrogens with one attached hydrogen (secondary N) is 1. The summed E-state index contributed by atoms with van der Waals surface area (Å²) in [6.45, 7) is 0. The highest BCUT2D eigenvalue weighted by molar-refractivity contribution is 6.30. The Balaban J connectivity index is 1.62. The first-order valence-corrected chi connectivity index (χ1v) is 9.22. The van der Waals surface area contributed by atoms with Gasteiger partial charge in [-0.15, -0.1) is 0 Å². The Bertz CT molecular complexity index is 960. The monoisotopic (exact) mass is 416 g/mol. The smallest absolute Gasteiger partial charge is 0.224 e. The topological polar surface area (TPSA) is 82.8 Å². The number of benzene rings is 2. The van der Waals surface area contributed by atoms with Gasteiger partial charge in [-0.25, -0.2) is 4.98 Å². The Morgan fingerprint density at radius 1 is 1.07 bits per heavy atom. The van der Waals surface area contributed by atoms with Crippen molar-refractivity contribution in [3.05, 3.63) is 53.5 Å². The molecule has 2 aromatic carbocycles. The molecule has 1 amide bonds. The van der Waals surface area contributed by atoms with E-state index < -0.39 is 0 Å². The molecular formula is C21H21ClN2O5. The predicted octanol–water partition coefficient (Wildman–Crippen LogP) is 4.59. The van der Waals surface area contributed by atoms with Crippen molar-refractivity contribution in [2.75, 3.05) is 26.6 Å². The normalized spacial score (nSPS) is 10.5. The van der Waals surface area contributed by atoms with Crippen LogP contribution in [0.15, 0.2) is 47.0 Å². The summed E-state index contributed by atoms with van der Waals surface area (Å²) in [5.41, 5.74) is 1.41. The Labute approximate surface area is 173 Å². The zero-order valence-corrected chi connectivity index (χ0v) is 17.1. The highest BCUT2D eigenvalue weighted by Gasteiger charge is 2.15. The molecule has 7 nitrogen and oxygen atoms in total. The van der Waals surface area contributed by atoms with Gasteiger partial charge in [0.15, 0.2) is 23.1 Å². The third kappa shape index (κ3) is 5.00. The number of ether oxygens (including phenoxy) is 3. The average molecular weight is 417 g/mol. The molecule has 0 radical (unpaired) electrons. The molecule has 0 unspecified atom stereocenters. The molecule has 152 valence electrons. The van der Waals surface area contributed by atoms with Gasteiger partial charge in [-0.3, -0.25) is 4.79 Å².